The van der Waals surface area contributed by atoms with Crippen LogP contribution in [-0.4, -0.2) is 131 Å². The van der Waals surface area contributed by atoms with Gasteiger partial charge in [-0.25, -0.2) is 19.7 Å². The van der Waals surface area contributed by atoms with Crippen molar-refractivity contribution >= 4 is 60.1 Å². The molecule has 3 fully saturated rings. The van der Waals surface area contributed by atoms with Gasteiger partial charge >= 0.3 is 23.1 Å². The fourth-order valence-corrected chi connectivity index (χ4v) is 21.3. The number of imidazole rings is 1. The molecule has 0 saturated carbocycles. The molecule has 6 rings (SSSR count). The van der Waals surface area contributed by atoms with Crippen molar-refractivity contribution in [3.05, 3.63) is 48.5 Å². The number of hydrogen-bond acceptors (Lipinski definition) is 15. The lowest BCUT2D eigenvalue weighted by Crippen LogP contribution is -2.66. The molecule has 0 radical (unpaired) electrons. The number of nitrogens with zero attached hydrogens (tertiary/aromatic N) is 4. The number of carbonyl (C=O) groups is 3. The number of esters is 1. The number of amides is 1. The zero-order valence-corrected chi connectivity index (χ0v) is 42.3. The smallest absolute Gasteiger partial charge is 0.337 e. The average Bonchev–Trinajstić information content (AvgIpc) is 3.75. The number of aliphatic hydroxyl groups is 1. The maximum Gasteiger partial charge on any atom is 0.337 e. The number of ketones is 1. The van der Waals surface area contributed by atoms with Gasteiger partial charge in [-0.1, -0.05) is 94.4 Å². The zero-order chi connectivity index (χ0) is 46.6. The van der Waals surface area contributed by atoms with Gasteiger partial charge in [-0.15, -0.1) is 0 Å². The quantitative estimate of drug-likeness (QED) is 0.138. The molecule has 17 nitrogen and oxygen atoms in total. The van der Waals surface area contributed by atoms with Crippen LogP contribution in [0.3, 0.4) is 0 Å². The summed E-state index contributed by atoms with van der Waals surface area (Å²) in [4.78, 5) is 55.7. The molecule has 0 bridgehead atoms. The number of hydrogen-bond donors (Lipinski definition) is 2. The lowest BCUT2D eigenvalue weighted by Gasteiger charge is -2.45. The normalized spacial score (nSPS) is 28.1. The van der Waals surface area contributed by atoms with Crippen LogP contribution in [0.2, 0.25) is 40.3 Å². The fraction of sp³-hybridized carbons (Fsp3) is 0.674. The lowest BCUT2D eigenvalue weighted by atomic mass is 9.90. The summed E-state index contributed by atoms with van der Waals surface area (Å²) in [6.45, 7) is 26.7. The number of anilines is 1. The average molecular weight is 930 g/mol. The third-order valence-corrected chi connectivity index (χ3v) is 28.1. The number of ether oxygens (including phenoxy) is 4. The third kappa shape index (κ3) is 8.89. The van der Waals surface area contributed by atoms with E-state index in [-0.39, 0.29) is 44.4 Å². The number of benzene rings is 1. The van der Waals surface area contributed by atoms with Crippen LogP contribution in [0.15, 0.2) is 43.0 Å². The molecule has 3 aliphatic heterocycles. The van der Waals surface area contributed by atoms with Crippen molar-refractivity contribution < 1.29 is 55.8 Å². The van der Waals surface area contributed by atoms with Gasteiger partial charge in [-0.3, -0.25) is 14.2 Å². The minimum atomic E-state index is -3.35. The summed E-state index contributed by atoms with van der Waals surface area (Å²) >= 11 is 0. The molecule has 5 heterocycles. The molecule has 20 heteroatoms. The first-order valence-electron chi connectivity index (χ1n) is 21.9. The SMILES string of the molecule is COC(=O)[C@H]1O[C@@H]([C@@H](O)[C@H]2O[C@@H](n3cnc4c(NC(=O)c5ccccc5)ncnc43)[C@H](OC)[C@@H]2O[Si](C)(C)C(C)(C)C)C(=O)[C@H]2O[Si](C(C)C)(C(C)C)O[Si](C(C)C)(C(C)C)O[C@H]12. The van der Waals surface area contributed by atoms with Crippen molar-refractivity contribution in [1.82, 2.24) is 19.5 Å². The number of methoxy groups -OCH3 is 2. The molecule has 63 heavy (non-hydrogen) atoms. The highest BCUT2D eigenvalue weighted by Gasteiger charge is 2.67. The van der Waals surface area contributed by atoms with Crippen molar-refractivity contribution in [2.75, 3.05) is 19.5 Å². The number of carbonyl (C=O) groups excluding carboxylic acids is 3. The van der Waals surface area contributed by atoms with E-state index in [4.69, 9.17) is 36.3 Å². The van der Waals surface area contributed by atoms with Gasteiger partial charge in [0.15, 0.2) is 43.4 Å². The summed E-state index contributed by atoms with van der Waals surface area (Å²) in [6.07, 6.45) is -8.80. The van der Waals surface area contributed by atoms with Crippen molar-refractivity contribution in [3.63, 3.8) is 0 Å². The largest absolute Gasteiger partial charge is 0.467 e. The maximum atomic E-state index is 15.2. The number of Topliss-reactive ketones (excluding diaryl/α,β-unsaturated/α-hetero) is 1. The summed E-state index contributed by atoms with van der Waals surface area (Å²) in [7, 11) is -6.58. The minimum Gasteiger partial charge on any atom is -0.467 e. The Hall–Kier alpha value is -3.29. The molecule has 3 aromatic rings. The monoisotopic (exact) mass is 929 g/mol. The molecule has 9 atom stereocenters. The van der Waals surface area contributed by atoms with E-state index in [2.05, 4.69) is 54.1 Å². The van der Waals surface area contributed by atoms with Gasteiger partial charge in [-0.2, -0.15) is 0 Å². The Bertz CT molecular complexity index is 2100. The molecule has 348 valence electrons. The van der Waals surface area contributed by atoms with Crippen LogP contribution in [0.5, 0.6) is 0 Å². The summed E-state index contributed by atoms with van der Waals surface area (Å²) in [5.41, 5.74) is 0.586. The highest BCUT2D eigenvalue weighted by molar-refractivity contribution is 6.84. The van der Waals surface area contributed by atoms with E-state index in [0.717, 1.165) is 0 Å². The molecular formula is C43H67N5O12Si3. The Morgan fingerprint density at radius 1 is 0.873 bits per heavy atom. The first kappa shape index (κ1) is 49.2. The van der Waals surface area contributed by atoms with E-state index in [1.165, 1.54) is 26.9 Å². The first-order chi connectivity index (χ1) is 29.5. The molecule has 3 aliphatic rings. The van der Waals surface area contributed by atoms with Gasteiger partial charge in [0.2, 0.25) is 0 Å². The predicted molar refractivity (Wildman–Crippen MR) is 241 cm³/mol. The van der Waals surface area contributed by atoms with Crippen LogP contribution >= 0.6 is 0 Å². The number of rotatable bonds is 13. The van der Waals surface area contributed by atoms with Crippen LogP contribution in [-0.2, 0) is 45.9 Å². The van der Waals surface area contributed by atoms with E-state index < -0.39 is 92.3 Å². The fourth-order valence-electron chi connectivity index (χ4n) is 8.78. The third-order valence-electron chi connectivity index (χ3n) is 13.3. The molecule has 0 spiro atoms. The Morgan fingerprint density at radius 3 is 2.03 bits per heavy atom. The number of aromatic nitrogens is 4. The van der Waals surface area contributed by atoms with E-state index >= 15 is 4.79 Å². The Balaban J connectivity index is 1.44. The van der Waals surface area contributed by atoms with Gasteiger partial charge < -0.3 is 46.8 Å². The van der Waals surface area contributed by atoms with Gasteiger partial charge in [0, 0.05) is 12.7 Å². The zero-order valence-electron chi connectivity index (χ0n) is 39.3. The number of aliphatic hydroxyl groups excluding tert-OH is 1. The maximum absolute atomic E-state index is 15.2. The molecule has 0 unspecified atom stereocenters. The van der Waals surface area contributed by atoms with E-state index in [1.54, 1.807) is 28.8 Å². The second-order valence-corrected chi connectivity index (χ2v) is 33.1. The van der Waals surface area contributed by atoms with Gasteiger partial charge in [0.05, 0.1) is 13.4 Å². The van der Waals surface area contributed by atoms with Crippen LogP contribution in [0, 0.1) is 0 Å². The van der Waals surface area contributed by atoms with E-state index in [1.807, 2.05) is 61.5 Å². The van der Waals surface area contributed by atoms with E-state index in [0.29, 0.717) is 11.2 Å². The minimum absolute atomic E-state index is 0.0929. The molecule has 0 aliphatic carbocycles. The van der Waals surface area contributed by atoms with E-state index in [9.17, 15) is 14.7 Å². The first-order valence-corrected chi connectivity index (χ1v) is 28.7. The summed E-state index contributed by atoms with van der Waals surface area (Å²) in [6, 6.07) is 8.71. The van der Waals surface area contributed by atoms with Gasteiger partial charge in [0.1, 0.15) is 49.1 Å². The van der Waals surface area contributed by atoms with Gasteiger partial charge in [-0.05, 0) is 52.4 Å². The standard InChI is InChI=1S/C43H67N5O12Si3/c1-23(2)62(24(3)4)58-33-30(50)31(55-37(42(52)54-13)35(33)59-63(60-62,25(5)6)26(7)8)29(49)32-34(57-61(14,15)43(9,10)11)36(53-12)41(56-32)48-22-46-28-38(44-21-45-39(28)48)47-40(51)27-19-17-16-18-20-27/h16-26,29,31-37,41,49H,1-15H3,(H,44,45,47,51)/t29-,31+,32-,33-,34-,35+,36-,37+,41-/m1/s1. The van der Waals surface area contributed by atoms with Crippen molar-refractivity contribution in [2.45, 2.75) is 172 Å². The predicted octanol–water partition coefficient (Wildman–Crippen LogP) is 6.58. The molecule has 1 aromatic carbocycles. The Morgan fingerprint density at radius 2 is 1.48 bits per heavy atom. The highest BCUT2D eigenvalue weighted by Crippen LogP contribution is 2.50. The van der Waals surface area contributed by atoms with Crippen LogP contribution in [0.1, 0.15) is 92.7 Å². The molecule has 2 N–H and O–H groups in total. The van der Waals surface area contributed by atoms with Crippen LogP contribution in [0.4, 0.5) is 5.82 Å². The number of fused-ring (bicyclic) bond motifs is 2. The Kier molecular flexibility index (Phi) is 14.5. The molecule has 1 amide bonds. The van der Waals surface area contributed by atoms with Crippen LogP contribution < -0.4 is 5.32 Å². The summed E-state index contributed by atoms with van der Waals surface area (Å²) in [5, 5.41) is 15.3. The second kappa shape index (κ2) is 18.5. The van der Waals surface area contributed by atoms with Crippen molar-refractivity contribution in [1.29, 1.82) is 0 Å². The number of nitrogens with one attached hydrogen (secondary N) is 1. The second-order valence-electron chi connectivity index (χ2n) is 19.6. The lowest BCUT2D eigenvalue weighted by molar-refractivity contribution is -0.212. The molecule has 2 aromatic heterocycles. The molecule has 3 saturated heterocycles. The Labute approximate surface area is 373 Å². The van der Waals surface area contributed by atoms with Crippen molar-refractivity contribution in [2.24, 2.45) is 0 Å². The van der Waals surface area contributed by atoms with Crippen LogP contribution in [0.25, 0.3) is 11.2 Å². The van der Waals surface area contributed by atoms with Crippen molar-refractivity contribution in [3.8, 4) is 0 Å². The summed E-state index contributed by atoms with van der Waals surface area (Å²) < 4.78 is 54.9. The summed E-state index contributed by atoms with van der Waals surface area (Å²) in [5.74, 6) is -1.61. The highest BCUT2D eigenvalue weighted by atomic mass is 28.5. The molecular weight excluding hydrogens is 863 g/mol. The topological polar surface area (TPSA) is 201 Å². The van der Waals surface area contributed by atoms with Gasteiger partial charge in [0.25, 0.3) is 5.91 Å².